The first-order valence-electron chi connectivity index (χ1n) is 4.39. The van der Waals surface area contributed by atoms with E-state index >= 15 is 0 Å². The van der Waals surface area contributed by atoms with Crippen LogP contribution < -0.4 is 4.74 Å². The predicted octanol–water partition coefficient (Wildman–Crippen LogP) is 3.65. The molecule has 0 N–H and O–H groups in total. The molecular weight excluding hydrogens is 300 g/mol. The second kappa shape index (κ2) is 9.60. The van der Waals surface area contributed by atoms with Crippen molar-refractivity contribution in [2.24, 2.45) is 0 Å². The fourth-order valence-electron chi connectivity index (χ4n) is 0.840. The third-order valence-corrected chi connectivity index (χ3v) is 1.49. The summed E-state index contributed by atoms with van der Waals surface area (Å²) in [7, 11) is 0. The molecule has 0 saturated carbocycles. The second-order valence-electron chi connectivity index (χ2n) is 2.59. The maximum absolute atomic E-state index is 12.6. The predicted molar refractivity (Wildman–Crippen MR) is 54.6 cm³/mol. The third-order valence-electron chi connectivity index (χ3n) is 1.49. The van der Waals surface area contributed by atoms with Crippen molar-refractivity contribution in [2.45, 2.75) is 19.8 Å². The van der Waals surface area contributed by atoms with Gasteiger partial charge in [0.05, 0.1) is 6.61 Å². The number of hydrogen-bond acceptors (Lipinski definition) is 1. The molecule has 1 nitrogen and oxygen atoms in total. The van der Waals surface area contributed by atoms with Crippen LogP contribution in [0.3, 0.4) is 0 Å². The topological polar surface area (TPSA) is 9.23 Å². The van der Waals surface area contributed by atoms with Crippen molar-refractivity contribution in [1.29, 1.82) is 0 Å². The Kier molecular flexibility index (Phi) is 9.64. The molecule has 0 unspecified atom stereocenters. The van der Waals surface area contributed by atoms with E-state index in [2.05, 4.69) is 26.6 Å². The molecule has 0 spiro atoms. The van der Waals surface area contributed by atoms with Crippen molar-refractivity contribution in [2.75, 3.05) is 6.61 Å². The van der Waals surface area contributed by atoms with Crippen LogP contribution in [0.1, 0.15) is 19.8 Å². The summed E-state index contributed by atoms with van der Waals surface area (Å²) < 4.78 is 17.8. The van der Waals surface area contributed by atoms with E-state index in [1.54, 1.807) is 6.07 Å². The van der Waals surface area contributed by atoms with Gasteiger partial charge in [0.2, 0.25) is 0 Å². The van der Waals surface area contributed by atoms with Gasteiger partial charge in [-0.25, -0.2) is 0 Å². The van der Waals surface area contributed by atoms with Crippen molar-refractivity contribution in [3.8, 4) is 5.75 Å². The number of unbranched alkanes of at least 4 members (excludes halogenated alkanes) is 1. The summed E-state index contributed by atoms with van der Waals surface area (Å²) in [6, 6.07) is 6.95. The summed E-state index contributed by atoms with van der Waals surface area (Å²) in [5, 5.41) is 0. The van der Waals surface area contributed by atoms with Gasteiger partial charge < -0.3 is 4.74 Å². The van der Waals surface area contributed by atoms with E-state index < -0.39 is 0 Å². The fourth-order valence-corrected chi connectivity index (χ4v) is 0.840. The maximum atomic E-state index is 12.6. The molecule has 0 atom stereocenters. The molecule has 0 heterocycles. The Morgan fingerprint density at radius 2 is 2.21 bits per heavy atom. The van der Waals surface area contributed by atoms with Crippen molar-refractivity contribution in [3.63, 3.8) is 0 Å². The van der Waals surface area contributed by atoms with Gasteiger partial charge in [0.15, 0.2) is 0 Å². The standard InChI is InChI=1S/C10H12FO.BrH.Zn/c1-2-3-7-12-10-6-4-5-9(11)8-10;;/h5-6,8H,2-3,7H2,1H3;1H;/q-1;;+2/p-1. The number of rotatable bonds is 4. The molecule has 0 aliphatic heterocycles. The molecule has 0 aliphatic carbocycles. The van der Waals surface area contributed by atoms with Crippen molar-refractivity contribution >= 4 is 13.6 Å². The minimum absolute atomic E-state index is 0.302. The number of benzene rings is 1. The van der Waals surface area contributed by atoms with E-state index in [4.69, 9.17) is 4.74 Å². The normalized spacial score (nSPS) is 8.93. The summed E-state index contributed by atoms with van der Waals surface area (Å²) in [5.74, 6) is 0.257. The van der Waals surface area contributed by atoms with Crippen LogP contribution in [0.5, 0.6) is 5.75 Å². The Labute approximate surface area is 101 Å². The molecule has 0 fully saturated rings. The molecule has 0 aromatic heterocycles. The molecule has 0 aliphatic rings. The zero-order chi connectivity index (χ0) is 10.8. The van der Waals surface area contributed by atoms with E-state index in [-0.39, 0.29) is 5.82 Å². The summed E-state index contributed by atoms with van der Waals surface area (Å²) >= 11 is 4.25. The van der Waals surface area contributed by atoms with Crippen LogP contribution in [0.2, 0.25) is 0 Å². The molecule has 0 saturated heterocycles. The quantitative estimate of drug-likeness (QED) is 0.468. The fraction of sp³-hybridized carbons (Fsp3) is 0.400. The number of hydrogen-bond donors (Lipinski definition) is 0. The first kappa shape index (κ1) is 14.1. The van der Waals surface area contributed by atoms with Crippen LogP contribution >= 0.6 is 13.6 Å². The van der Waals surface area contributed by atoms with Crippen LogP contribution in [0.4, 0.5) is 4.39 Å². The van der Waals surface area contributed by atoms with Crippen molar-refractivity contribution in [3.05, 3.63) is 30.1 Å². The van der Waals surface area contributed by atoms with Gasteiger partial charge in [0.1, 0.15) is 0 Å². The van der Waals surface area contributed by atoms with Gasteiger partial charge in [-0.05, 0) is 6.42 Å². The molecule has 0 bridgehead atoms. The van der Waals surface area contributed by atoms with Gasteiger partial charge >= 0.3 is 30.0 Å². The summed E-state index contributed by atoms with van der Waals surface area (Å²) in [6.45, 7) is 2.73. The van der Waals surface area contributed by atoms with Crippen LogP contribution in [0.15, 0.2) is 18.2 Å². The first-order valence-corrected chi connectivity index (χ1v) is 11.3. The zero-order valence-corrected chi connectivity index (χ0v) is 12.8. The van der Waals surface area contributed by atoms with Gasteiger partial charge in [-0.15, -0.1) is 12.1 Å². The van der Waals surface area contributed by atoms with Gasteiger partial charge in [-0.2, -0.15) is 6.07 Å². The molecule has 1 aromatic rings. The van der Waals surface area contributed by atoms with E-state index in [1.807, 2.05) is 0 Å². The first-order chi connectivity index (χ1) is 6.83. The number of ether oxygens (including phenoxy) is 1. The molecule has 1 rings (SSSR count). The van der Waals surface area contributed by atoms with Crippen molar-refractivity contribution < 1.29 is 25.5 Å². The monoisotopic (exact) mass is 310 g/mol. The van der Waals surface area contributed by atoms with Gasteiger partial charge in [0, 0.05) is 11.6 Å². The molecule has 4 heteroatoms. The van der Waals surface area contributed by atoms with E-state index in [9.17, 15) is 4.39 Å². The van der Waals surface area contributed by atoms with E-state index in [1.165, 1.54) is 28.5 Å². The van der Waals surface area contributed by atoms with Crippen molar-refractivity contribution in [1.82, 2.24) is 0 Å². The Bertz CT molecular complexity index is 245. The molecule has 0 amide bonds. The van der Waals surface area contributed by atoms with Crippen LogP contribution in [-0.2, 0) is 16.3 Å². The van der Waals surface area contributed by atoms with Gasteiger partial charge in [0.25, 0.3) is 0 Å². The van der Waals surface area contributed by atoms with Gasteiger partial charge in [-0.1, -0.05) is 19.4 Å². The molecular formula is C10H12BrFOZn. The molecule has 0 radical (unpaired) electrons. The Morgan fingerprint density at radius 3 is 2.79 bits per heavy atom. The Balaban J connectivity index is 0.000000791. The number of halogens is 2. The molecule has 14 heavy (non-hydrogen) atoms. The summed E-state index contributed by atoms with van der Waals surface area (Å²) in [4.78, 5) is 0. The summed E-state index contributed by atoms with van der Waals surface area (Å²) in [5.41, 5.74) is 0. The van der Waals surface area contributed by atoms with Gasteiger partial charge in [-0.3, -0.25) is 4.39 Å². The van der Waals surface area contributed by atoms with Crippen LogP contribution in [0, 0.1) is 11.9 Å². The summed E-state index contributed by atoms with van der Waals surface area (Å²) in [6.07, 6.45) is 2.08. The Hall–Kier alpha value is 0.0534. The third kappa shape index (κ3) is 6.50. The van der Waals surface area contributed by atoms with E-state index in [0.29, 0.717) is 12.4 Å². The molecule has 1 aromatic carbocycles. The zero-order valence-electron chi connectivity index (χ0n) is 8.22. The average molecular weight is 312 g/mol. The van der Waals surface area contributed by atoms with Crippen LogP contribution in [-0.4, -0.2) is 6.61 Å². The minimum atomic E-state index is -0.302. The second-order valence-corrected chi connectivity index (χ2v) is 2.59. The van der Waals surface area contributed by atoms with Crippen LogP contribution in [0.25, 0.3) is 0 Å². The Morgan fingerprint density at radius 1 is 1.50 bits per heavy atom. The average Bonchev–Trinajstić information content (AvgIpc) is 2.21. The van der Waals surface area contributed by atoms with E-state index in [0.717, 1.165) is 12.8 Å². The SMILES string of the molecule is CCCCOc1c[c-]cc(F)c1.[Zn+][Br]. The molecule has 74 valence electrons.